The molecule has 0 rings (SSSR count). The molecule has 112 valence electrons. The van der Waals surface area contributed by atoms with Crippen molar-refractivity contribution >= 4 is 23.7 Å². The summed E-state index contributed by atoms with van der Waals surface area (Å²) in [7, 11) is 0. The van der Waals surface area contributed by atoms with Gasteiger partial charge in [-0.2, -0.15) is 0 Å². The van der Waals surface area contributed by atoms with E-state index in [9.17, 15) is 19.8 Å². The molecule has 0 aliphatic carbocycles. The number of carbonyl (C=O) groups excluding carboxylic acids is 1. The normalized spacial score (nSPS) is 16.4. The van der Waals surface area contributed by atoms with Crippen molar-refractivity contribution in [3.8, 4) is 0 Å². The van der Waals surface area contributed by atoms with Gasteiger partial charge in [-0.25, -0.2) is 4.79 Å². The van der Waals surface area contributed by atoms with Gasteiger partial charge < -0.3 is 10.2 Å². The molecule has 4 nitrogen and oxygen atoms in total. The zero-order valence-corrected chi connectivity index (χ0v) is 13.1. The summed E-state index contributed by atoms with van der Waals surface area (Å²) in [6, 6.07) is 0. The maximum absolute atomic E-state index is 11.6. The first-order valence-electron chi connectivity index (χ1n) is 6.79. The molecular weight excluding hydrogens is 264 g/mol. The summed E-state index contributed by atoms with van der Waals surface area (Å²) in [6.07, 6.45) is 1.67. The molecule has 0 aromatic rings. The molecule has 0 aromatic carbocycles. The summed E-state index contributed by atoms with van der Waals surface area (Å²) in [5, 5.41) is 19.2. The summed E-state index contributed by atoms with van der Waals surface area (Å²) in [6.45, 7) is 7.89. The van der Waals surface area contributed by atoms with Crippen LogP contribution in [-0.2, 0) is 9.59 Å². The molecule has 5 heteroatoms. The van der Waals surface area contributed by atoms with Gasteiger partial charge in [0.25, 0.3) is 0 Å². The lowest BCUT2D eigenvalue weighted by Crippen LogP contribution is -2.48. The Morgan fingerprint density at radius 1 is 1.05 bits per heavy atom. The van der Waals surface area contributed by atoms with Gasteiger partial charge in [0.1, 0.15) is 0 Å². The Kier molecular flexibility index (Phi) is 7.67. The van der Waals surface area contributed by atoms with Crippen molar-refractivity contribution < 1.29 is 19.8 Å². The molecule has 0 aliphatic rings. The van der Waals surface area contributed by atoms with Crippen LogP contribution in [0.2, 0.25) is 0 Å². The quantitative estimate of drug-likeness (QED) is 0.571. The summed E-state index contributed by atoms with van der Waals surface area (Å²) in [5.74, 6) is -1.66. The van der Waals surface area contributed by atoms with Crippen LogP contribution in [0.3, 0.4) is 0 Å². The van der Waals surface area contributed by atoms with Crippen LogP contribution < -0.4 is 0 Å². The number of aliphatic carboxylic acids is 1. The van der Waals surface area contributed by atoms with Crippen LogP contribution in [0, 0.1) is 17.8 Å². The summed E-state index contributed by atoms with van der Waals surface area (Å²) in [4.78, 5) is 23.0. The fourth-order valence-corrected chi connectivity index (χ4v) is 2.35. The lowest BCUT2D eigenvalue weighted by Gasteiger charge is -2.31. The molecule has 0 aliphatic heterocycles. The fourth-order valence-electron chi connectivity index (χ4n) is 2.01. The van der Waals surface area contributed by atoms with Crippen LogP contribution in [-0.4, -0.2) is 26.9 Å². The third kappa shape index (κ3) is 5.95. The zero-order chi connectivity index (χ0) is 15.2. The molecule has 0 bridgehead atoms. The van der Waals surface area contributed by atoms with E-state index in [0.29, 0.717) is 25.2 Å². The summed E-state index contributed by atoms with van der Waals surface area (Å²) in [5.41, 5.74) is -2.00. The van der Waals surface area contributed by atoms with Crippen LogP contribution >= 0.6 is 12.6 Å². The van der Waals surface area contributed by atoms with Gasteiger partial charge in [0.15, 0.2) is 10.7 Å². The standard InChI is InChI=1S/C14H26O4S/c1-9(2)5-6-11(12(15)19)14(18,13(16)17)8-7-10(3)4/h9-11,18H,5-8H2,1-4H3,(H,15,19)(H,16,17). The van der Waals surface area contributed by atoms with Gasteiger partial charge in [0, 0.05) is 0 Å². The Balaban J connectivity index is 5.04. The monoisotopic (exact) mass is 290 g/mol. The van der Waals surface area contributed by atoms with Gasteiger partial charge in [-0.15, -0.1) is 12.6 Å². The number of carboxylic acid groups (broad SMARTS) is 1. The zero-order valence-electron chi connectivity index (χ0n) is 12.2. The topological polar surface area (TPSA) is 74.6 Å². The molecule has 0 saturated carbocycles. The van der Waals surface area contributed by atoms with Crippen LogP contribution in [0.1, 0.15) is 53.4 Å². The third-order valence-electron chi connectivity index (χ3n) is 3.38. The Morgan fingerprint density at radius 2 is 1.53 bits per heavy atom. The molecule has 2 atom stereocenters. The number of aliphatic hydroxyl groups is 1. The Labute approximate surface area is 121 Å². The molecule has 0 heterocycles. The van der Waals surface area contributed by atoms with Gasteiger partial charge in [0.2, 0.25) is 0 Å². The second-order valence-corrected chi connectivity index (χ2v) is 6.46. The number of thiol groups is 1. The van der Waals surface area contributed by atoms with Crippen LogP contribution in [0.4, 0.5) is 0 Å². The largest absolute Gasteiger partial charge is 0.479 e. The molecule has 2 N–H and O–H groups in total. The highest BCUT2D eigenvalue weighted by Crippen LogP contribution is 2.32. The lowest BCUT2D eigenvalue weighted by atomic mass is 9.79. The molecular formula is C14H26O4S. The predicted molar refractivity (Wildman–Crippen MR) is 78.2 cm³/mol. The van der Waals surface area contributed by atoms with Crippen molar-refractivity contribution in [2.75, 3.05) is 0 Å². The minimum absolute atomic E-state index is 0.0784. The number of carbonyl (C=O) groups is 2. The van der Waals surface area contributed by atoms with Crippen molar-refractivity contribution in [3.63, 3.8) is 0 Å². The van der Waals surface area contributed by atoms with Crippen molar-refractivity contribution in [1.82, 2.24) is 0 Å². The van der Waals surface area contributed by atoms with E-state index in [4.69, 9.17) is 0 Å². The molecule has 0 radical (unpaired) electrons. The number of hydrogen-bond acceptors (Lipinski definition) is 3. The van der Waals surface area contributed by atoms with Crippen molar-refractivity contribution in [2.24, 2.45) is 17.8 Å². The average molecular weight is 290 g/mol. The van der Waals surface area contributed by atoms with E-state index < -0.39 is 22.6 Å². The van der Waals surface area contributed by atoms with Crippen LogP contribution in [0.25, 0.3) is 0 Å². The Hall–Kier alpha value is -0.550. The van der Waals surface area contributed by atoms with E-state index in [1.165, 1.54) is 0 Å². The van der Waals surface area contributed by atoms with Crippen molar-refractivity contribution in [1.29, 1.82) is 0 Å². The SMILES string of the molecule is CC(C)CCC(C(=O)S)C(O)(CCC(C)C)C(=O)O. The van der Waals surface area contributed by atoms with E-state index in [2.05, 4.69) is 12.6 Å². The first-order valence-corrected chi connectivity index (χ1v) is 7.24. The Morgan fingerprint density at radius 3 is 1.84 bits per heavy atom. The van der Waals surface area contributed by atoms with E-state index >= 15 is 0 Å². The molecule has 2 unspecified atom stereocenters. The highest BCUT2D eigenvalue weighted by Gasteiger charge is 2.46. The number of rotatable bonds is 9. The summed E-state index contributed by atoms with van der Waals surface area (Å²) < 4.78 is 0. The van der Waals surface area contributed by atoms with E-state index in [1.54, 1.807) is 0 Å². The number of hydrogen-bond donors (Lipinski definition) is 3. The molecule has 19 heavy (non-hydrogen) atoms. The smallest absolute Gasteiger partial charge is 0.336 e. The third-order valence-corrected chi connectivity index (χ3v) is 3.69. The first-order chi connectivity index (χ1) is 8.61. The van der Waals surface area contributed by atoms with Gasteiger partial charge in [0.05, 0.1) is 5.92 Å². The highest BCUT2D eigenvalue weighted by molar-refractivity contribution is 7.96. The van der Waals surface area contributed by atoms with Gasteiger partial charge in [-0.1, -0.05) is 34.1 Å². The average Bonchev–Trinajstić information content (AvgIpc) is 2.25. The highest BCUT2D eigenvalue weighted by atomic mass is 32.1. The van der Waals surface area contributed by atoms with Gasteiger partial charge >= 0.3 is 5.97 Å². The maximum atomic E-state index is 11.6. The molecule has 0 amide bonds. The fraction of sp³-hybridized carbons (Fsp3) is 0.857. The first kappa shape index (κ1) is 18.4. The van der Waals surface area contributed by atoms with E-state index in [1.807, 2.05) is 27.7 Å². The lowest BCUT2D eigenvalue weighted by molar-refractivity contribution is -0.168. The van der Waals surface area contributed by atoms with E-state index in [-0.39, 0.29) is 12.3 Å². The molecule has 0 saturated heterocycles. The van der Waals surface area contributed by atoms with Crippen LogP contribution in [0.5, 0.6) is 0 Å². The minimum Gasteiger partial charge on any atom is -0.479 e. The number of carboxylic acids is 1. The van der Waals surface area contributed by atoms with Gasteiger partial charge in [-0.3, -0.25) is 4.79 Å². The second-order valence-electron chi connectivity index (χ2n) is 6.02. The molecule has 0 fully saturated rings. The molecule has 0 aromatic heterocycles. The molecule has 0 spiro atoms. The Bertz CT molecular complexity index is 315. The second kappa shape index (κ2) is 7.90. The van der Waals surface area contributed by atoms with Crippen molar-refractivity contribution in [3.05, 3.63) is 0 Å². The van der Waals surface area contributed by atoms with E-state index in [0.717, 1.165) is 0 Å². The predicted octanol–water partition coefficient (Wildman–Crippen LogP) is 2.75. The van der Waals surface area contributed by atoms with Crippen molar-refractivity contribution in [2.45, 2.75) is 59.0 Å². The van der Waals surface area contributed by atoms with Gasteiger partial charge in [-0.05, 0) is 31.1 Å². The summed E-state index contributed by atoms with van der Waals surface area (Å²) >= 11 is 3.77. The van der Waals surface area contributed by atoms with Crippen LogP contribution in [0.15, 0.2) is 0 Å². The minimum atomic E-state index is -2.00. The maximum Gasteiger partial charge on any atom is 0.336 e.